The fraction of sp³-hybridized carbons (Fsp3) is 0.500. The van der Waals surface area contributed by atoms with Crippen molar-refractivity contribution in [3.05, 3.63) is 108 Å². The van der Waals surface area contributed by atoms with E-state index in [0.717, 1.165) is 36.8 Å². The van der Waals surface area contributed by atoms with Gasteiger partial charge in [0.05, 0.1) is 9.79 Å². The summed E-state index contributed by atoms with van der Waals surface area (Å²) in [5, 5.41) is 0. The summed E-state index contributed by atoms with van der Waals surface area (Å²) in [4.78, 5) is -0.650. The Morgan fingerprint density at radius 1 is 0.373 bits per heavy atom. The van der Waals surface area contributed by atoms with Crippen molar-refractivity contribution in [2.24, 2.45) is 0 Å². The van der Waals surface area contributed by atoms with Gasteiger partial charge in [-0.3, -0.25) is 0 Å². The number of aryl methyl sites for hydroxylation is 2. The summed E-state index contributed by atoms with van der Waals surface area (Å²) < 4.78 is 80.4. The van der Waals surface area contributed by atoms with Crippen LogP contribution in [0.3, 0.4) is 0 Å². The zero-order chi connectivity index (χ0) is 41.9. The smallest absolute Gasteiger partial charge is 0.744 e. The maximum absolute atomic E-state index is 11.5. The van der Waals surface area contributed by atoms with Crippen molar-refractivity contribution in [2.45, 2.75) is 165 Å². The summed E-state index contributed by atoms with van der Waals surface area (Å²) in [5.41, 5.74) is 2.07. The maximum atomic E-state index is 11.5. The molecule has 0 unspecified atom stereocenters. The molecule has 320 valence electrons. The minimum atomic E-state index is -4.58. The van der Waals surface area contributed by atoms with Crippen molar-refractivity contribution >= 4 is 58.0 Å². The third-order valence-electron chi connectivity index (χ3n) is 10.2. The summed E-state index contributed by atoms with van der Waals surface area (Å²) in [7, 11) is -9.16. The van der Waals surface area contributed by atoms with Crippen LogP contribution in [0, 0.1) is 0 Å². The molecule has 0 spiro atoms. The Bertz CT molecular complexity index is 1810. The molecule has 4 aromatic rings. The van der Waals surface area contributed by atoms with Crippen molar-refractivity contribution in [2.75, 3.05) is 0 Å². The molecule has 4 aromatic carbocycles. The van der Waals surface area contributed by atoms with Gasteiger partial charge in [-0.15, -0.1) is 0 Å². The van der Waals surface area contributed by atoms with Crippen LogP contribution in [-0.4, -0.2) is 63.7 Å². The van der Waals surface area contributed by atoms with Gasteiger partial charge in [0.15, 0.2) is 0 Å². The molecule has 0 radical (unpaired) electrons. The fourth-order valence-corrected chi connectivity index (χ4v) is 8.15. The van der Waals surface area contributed by atoms with Crippen LogP contribution in [0.2, 0.25) is 0 Å². The van der Waals surface area contributed by atoms with E-state index in [2.05, 4.69) is 13.8 Å². The van der Waals surface area contributed by atoms with E-state index < -0.39 is 20.2 Å². The van der Waals surface area contributed by atoms with Gasteiger partial charge >= 0.3 is 37.7 Å². The molecule has 0 aliphatic rings. The predicted octanol–water partition coefficient (Wildman–Crippen LogP) is 13.3. The Morgan fingerprint density at radius 3 is 0.932 bits per heavy atom. The van der Waals surface area contributed by atoms with Gasteiger partial charge < -0.3 is 18.6 Å². The standard InChI is InChI=1S/2C24H34O4S.Ca/c2*1-2-3-4-5-6-7-8-9-10-11-16-21-17-12-13-18-22(21)28-23-19-14-15-20-24(23)29(25,26)27;/h2*12-15,17-20H,2-11,16H2,1H3,(H,25,26,27);/q;;+2/p-2. The van der Waals surface area contributed by atoms with Gasteiger partial charge in [-0.25, -0.2) is 16.8 Å². The summed E-state index contributed by atoms with van der Waals surface area (Å²) in [6.45, 7) is 4.49. The summed E-state index contributed by atoms with van der Waals surface area (Å²) in [6.07, 6.45) is 27.4. The zero-order valence-electron chi connectivity index (χ0n) is 35.6. The van der Waals surface area contributed by atoms with E-state index in [1.807, 2.05) is 48.5 Å². The molecule has 0 N–H and O–H groups in total. The number of unbranched alkanes of at least 4 members (excludes halogenated alkanes) is 18. The van der Waals surface area contributed by atoms with Crippen molar-refractivity contribution < 1.29 is 35.4 Å². The minimum Gasteiger partial charge on any atom is -0.744 e. The van der Waals surface area contributed by atoms with E-state index in [1.54, 1.807) is 12.1 Å². The van der Waals surface area contributed by atoms with Crippen LogP contribution in [0.15, 0.2) is 107 Å². The second kappa shape index (κ2) is 30.6. The van der Waals surface area contributed by atoms with Gasteiger partial charge in [0.1, 0.15) is 43.2 Å². The molecule has 0 bridgehead atoms. The maximum Gasteiger partial charge on any atom is 2.00 e. The van der Waals surface area contributed by atoms with Crippen molar-refractivity contribution in [3.8, 4) is 23.0 Å². The third kappa shape index (κ3) is 21.8. The van der Waals surface area contributed by atoms with E-state index >= 15 is 0 Å². The number of hydrogen-bond acceptors (Lipinski definition) is 8. The molecule has 0 aliphatic heterocycles. The molecule has 0 aromatic heterocycles. The van der Waals surface area contributed by atoms with E-state index in [9.17, 15) is 25.9 Å². The first-order valence-corrected chi connectivity index (χ1v) is 24.5. The molecule has 0 atom stereocenters. The molecule has 11 heteroatoms. The number of benzene rings is 4. The largest absolute Gasteiger partial charge is 2.00 e. The minimum absolute atomic E-state index is 0. The molecule has 0 aliphatic carbocycles. The Labute approximate surface area is 386 Å². The van der Waals surface area contributed by atoms with E-state index in [0.29, 0.717) is 11.5 Å². The normalized spacial score (nSPS) is 11.3. The average molecular weight is 875 g/mol. The molecule has 0 saturated heterocycles. The number of hydrogen-bond donors (Lipinski definition) is 0. The number of ether oxygens (including phenoxy) is 2. The SMILES string of the molecule is CCCCCCCCCCCCc1ccccc1Oc1ccccc1S(=O)(=O)[O-].CCCCCCCCCCCCc1ccccc1Oc1ccccc1S(=O)(=O)[O-].[Ca+2]. The van der Waals surface area contributed by atoms with Crippen LogP contribution in [0.25, 0.3) is 0 Å². The van der Waals surface area contributed by atoms with Crippen molar-refractivity contribution in [3.63, 3.8) is 0 Å². The van der Waals surface area contributed by atoms with Gasteiger partial charge in [-0.05, 0) is 73.2 Å². The van der Waals surface area contributed by atoms with Crippen LogP contribution >= 0.6 is 0 Å². The Morgan fingerprint density at radius 2 is 0.627 bits per heavy atom. The summed E-state index contributed by atoms with van der Waals surface area (Å²) in [6, 6.07) is 27.2. The van der Waals surface area contributed by atoms with Crippen LogP contribution in [-0.2, 0) is 33.1 Å². The first kappa shape index (κ1) is 52.7. The van der Waals surface area contributed by atoms with Crippen molar-refractivity contribution in [1.29, 1.82) is 0 Å². The quantitative estimate of drug-likeness (QED) is 0.0313. The molecular weight excluding hydrogens is 809 g/mol. The molecule has 0 heterocycles. The second-order valence-electron chi connectivity index (χ2n) is 15.1. The second-order valence-corrected chi connectivity index (χ2v) is 17.8. The summed E-state index contributed by atoms with van der Waals surface area (Å²) >= 11 is 0. The van der Waals surface area contributed by atoms with Crippen LogP contribution < -0.4 is 9.47 Å². The molecule has 8 nitrogen and oxygen atoms in total. The molecule has 59 heavy (non-hydrogen) atoms. The average Bonchev–Trinajstić information content (AvgIpc) is 3.20. The molecular formula is C48H66CaO8S2. The van der Waals surface area contributed by atoms with E-state index in [4.69, 9.17) is 9.47 Å². The van der Waals surface area contributed by atoms with Crippen LogP contribution in [0.1, 0.15) is 153 Å². The molecule has 4 rings (SSSR count). The van der Waals surface area contributed by atoms with Gasteiger partial charge in [-0.1, -0.05) is 190 Å². The number of rotatable bonds is 28. The molecule has 0 amide bonds. The first-order valence-electron chi connectivity index (χ1n) is 21.7. The van der Waals surface area contributed by atoms with E-state index in [1.165, 1.54) is 152 Å². The topological polar surface area (TPSA) is 133 Å². The Hall–Kier alpha value is -2.44. The van der Waals surface area contributed by atoms with Gasteiger partial charge in [0.25, 0.3) is 0 Å². The van der Waals surface area contributed by atoms with Gasteiger partial charge in [0, 0.05) is 0 Å². The van der Waals surface area contributed by atoms with Crippen LogP contribution in [0.4, 0.5) is 0 Å². The van der Waals surface area contributed by atoms with Crippen LogP contribution in [0.5, 0.6) is 23.0 Å². The first-order chi connectivity index (χ1) is 28.0. The van der Waals surface area contributed by atoms with Crippen molar-refractivity contribution in [1.82, 2.24) is 0 Å². The Kier molecular flexibility index (Phi) is 27.3. The zero-order valence-corrected chi connectivity index (χ0v) is 39.4. The molecule has 0 saturated carbocycles. The predicted molar refractivity (Wildman–Crippen MR) is 239 cm³/mol. The third-order valence-corrected chi connectivity index (χ3v) is 12.0. The summed E-state index contributed by atoms with van der Waals surface area (Å²) in [5.74, 6) is 1.38. The van der Waals surface area contributed by atoms with Gasteiger partial charge in [0.2, 0.25) is 0 Å². The fourth-order valence-electron chi connectivity index (χ4n) is 6.94. The van der Waals surface area contributed by atoms with E-state index in [-0.39, 0.29) is 59.0 Å². The monoisotopic (exact) mass is 874 g/mol. The molecule has 0 fully saturated rings. The number of para-hydroxylation sites is 4. The van der Waals surface area contributed by atoms with Gasteiger partial charge in [-0.2, -0.15) is 0 Å². The Balaban J connectivity index is 0.000000400.